The van der Waals surface area contributed by atoms with Crippen LogP contribution in [0.25, 0.3) is 0 Å². The molecule has 0 aliphatic heterocycles. The first-order valence-corrected chi connectivity index (χ1v) is 9.66. The molecule has 3 rings (SSSR count). The van der Waals surface area contributed by atoms with Crippen LogP contribution in [0.3, 0.4) is 0 Å². The Kier molecular flexibility index (Phi) is 7.04. The zero-order chi connectivity index (χ0) is 20.5. The summed E-state index contributed by atoms with van der Waals surface area (Å²) in [6.07, 6.45) is 1.42. The van der Waals surface area contributed by atoms with Gasteiger partial charge in [0.2, 0.25) is 0 Å². The molecule has 29 heavy (non-hydrogen) atoms. The number of anilines is 1. The van der Waals surface area contributed by atoms with Gasteiger partial charge in [0.05, 0.1) is 0 Å². The Labute approximate surface area is 177 Å². The van der Waals surface area contributed by atoms with E-state index in [2.05, 4.69) is 26.6 Å². The number of rotatable bonds is 7. The molecule has 0 aromatic heterocycles. The number of carbonyl (C=O) groups excluding carboxylic acids is 1. The van der Waals surface area contributed by atoms with Crippen LogP contribution in [0.15, 0.2) is 95.1 Å². The Hall–Kier alpha value is -3.56. The molecule has 0 spiro atoms. The largest absolute Gasteiger partial charge is 0.457 e. The van der Waals surface area contributed by atoms with Gasteiger partial charge in [-0.2, -0.15) is 5.26 Å². The van der Waals surface area contributed by atoms with Crippen LogP contribution in [0.5, 0.6) is 11.5 Å². The van der Waals surface area contributed by atoms with Crippen molar-refractivity contribution >= 4 is 27.5 Å². The molecule has 0 unspecified atom stereocenters. The van der Waals surface area contributed by atoms with E-state index in [0.29, 0.717) is 18.0 Å². The number of nitriles is 1. The standard InChI is InChI=1S/C23H18BrN3O2/c24-19-6-4-5-17(13-19)15-26-16-18(14-25)23(28)27-20-9-11-22(12-10-20)29-21-7-2-1-3-8-21/h1-13,16,26H,15H2,(H,27,28)/b18-16-. The third-order valence-electron chi connectivity index (χ3n) is 3.90. The van der Waals surface area contributed by atoms with Gasteiger partial charge >= 0.3 is 0 Å². The fourth-order valence-corrected chi connectivity index (χ4v) is 2.94. The van der Waals surface area contributed by atoms with Crippen LogP contribution >= 0.6 is 15.9 Å². The SMILES string of the molecule is N#C/C(=C/NCc1cccc(Br)c1)C(=O)Nc1ccc(Oc2ccccc2)cc1. The van der Waals surface area contributed by atoms with Crippen LogP contribution < -0.4 is 15.4 Å². The van der Waals surface area contributed by atoms with E-state index in [9.17, 15) is 10.1 Å². The van der Waals surface area contributed by atoms with Crippen LogP contribution in [0.1, 0.15) is 5.56 Å². The van der Waals surface area contributed by atoms with E-state index < -0.39 is 5.91 Å². The molecule has 0 radical (unpaired) electrons. The molecule has 0 atom stereocenters. The van der Waals surface area contributed by atoms with Crippen LogP contribution in [0.4, 0.5) is 5.69 Å². The average molecular weight is 448 g/mol. The van der Waals surface area contributed by atoms with Crippen LogP contribution in [0, 0.1) is 11.3 Å². The van der Waals surface area contributed by atoms with E-state index in [1.54, 1.807) is 24.3 Å². The van der Waals surface area contributed by atoms with Gasteiger partial charge in [0.15, 0.2) is 0 Å². The number of nitrogens with zero attached hydrogens (tertiary/aromatic N) is 1. The van der Waals surface area contributed by atoms with E-state index in [0.717, 1.165) is 15.8 Å². The summed E-state index contributed by atoms with van der Waals surface area (Å²) < 4.78 is 6.69. The molecule has 5 nitrogen and oxygen atoms in total. The highest BCUT2D eigenvalue weighted by molar-refractivity contribution is 9.10. The number of amides is 1. The highest BCUT2D eigenvalue weighted by Gasteiger charge is 2.09. The van der Waals surface area contributed by atoms with Crippen LogP contribution in [-0.4, -0.2) is 5.91 Å². The smallest absolute Gasteiger partial charge is 0.267 e. The van der Waals surface area contributed by atoms with Crippen molar-refractivity contribution in [2.75, 3.05) is 5.32 Å². The Balaban J connectivity index is 1.56. The third kappa shape index (κ3) is 6.23. The molecular weight excluding hydrogens is 430 g/mol. The van der Waals surface area contributed by atoms with Crippen molar-refractivity contribution in [2.45, 2.75) is 6.54 Å². The predicted molar refractivity (Wildman–Crippen MR) is 116 cm³/mol. The van der Waals surface area contributed by atoms with Gasteiger partial charge in [-0.25, -0.2) is 0 Å². The minimum Gasteiger partial charge on any atom is -0.457 e. The Morgan fingerprint density at radius 2 is 1.72 bits per heavy atom. The maximum atomic E-state index is 12.3. The van der Waals surface area contributed by atoms with Gasteiger partial charge in [0, 0.05) is 22.9 Å². The van der Waals surface area contributed by atoms with E-state index in [-0.39, 0.29) is 5.57 Å². The lowest BCUT2D eigenvalue weighted by Gasteiger charge is -2.08. The highest BCUT2D eigenvalue weighted by atomic mass is 79.9. The minimum atomic E-state index is -0.481. The van der Waals surface area contributed by atoms with Crippen molar-refractivity contribution in [3.63, 3.8) is 0 Å². The summed E-state index contributed by atoms with van der Waals surface area (Å²) in [5, 5.41) is 15.0. The quantitative estimate of drug-likeness (QED) is 0.376. The molecular formula is C23H18BrN3O2. The molecule has 2 N–H and O–H groups in total. The van der Waals surface area contributed by atoms with Crippen molar-refractivity contribution < 1.29 is 9.53 Å². The van der Waals surface area contributed by atoms with E-state index in [1.165, 1.54) is 6.20 Å². The summed E-state index contributed by atoms with van der Waals surface area (Å²) in [4.78, 5) is 12.3. The minimum absolute atomic E-state index is 0.00962. The number of hydrogen-bond donors (Lipinski definition) is 2. The first-order valence-electron chi connectivity index (χ1n) is 8.86. The normalized spacial score (nSPS) is 10.7. The molecule has 3 aromatic rings. The van der Waals surface area contributed by atoms with Crippen molar-refractivity contribution in [2.24, 2.45) is 0 Å². The lowest BCUT2D eigenvalue weighted by atomic mass is 10.2. The average Bonchev–Trinajstić information content (AvgIpc) is 2.73. The van der Waals surface area contributed by atoms with Gasteiger partial charge in [0.25, 0.3) is 5.91 Å². The maximum Gasteiger partial charge on any atom is 0.267 e. The van der Waals surface area contributed by atoms with Crippen molar-refractivity contribution in [1.29, 1.82) is 5.26 Å². The number of carbonyl (C=O) groups is 1. The summed E-state index contributed by atoms with van der Waals surface area (Å²) in [6.45, 7) is 0.503. The molecule has 6 heteroatoms. The predicted octanol–water partition coefficient (Wildman–Crippen LogP) is 5.38. The molecule has 0 bridgehead atoms. The number of para-hydroxylation sites is 1. The number of ether oxygens (including phenoxy) is 1. The Morgan fingerprint density at radius 1 is 1.00 bits per heavy atom. The first kappa shape index (κ1) is 20.2. The molecule has 0 aliphatic carbocycles. The molecule has 1 amide bonds. The molecule has 0 heterocycles. The molecule has 3 aromatic carbocycles. The van der Waals surface area contributed by atoms with Crippen LogP contribution in [-0.2, 0) is 11.3 Å². The second-order valence-electron chi connectivity index (χ2n) is 6.07. The monoisotopic (exact) mass is 447 g/mol. The molecule has 0 saturated heterocycles. The fraction of sp³-hybridized carbons (Fsp3) is 0.0435. The number of benzene rings is 3. The second-order valence-corrected chi connectivity index (χ2v) is 6.99. The van der Waals surface area contributed by atoms with Crippen molar-refractivity contribution in [1.82, 2.24) is 5.32 Å². The number of halogens is 1. The molecule has 0 aliphatic rings. The summed E-state index contributed by atoms with van der Waals surface area (Å²) in [5.74, 6) is 0.905. The zero-order valence-electron chi connectivity index (χ0n) is 15.4. The highest BCUT2D eigenvalue weighted by Crippen LogP contribution is 2.22. The van der Waals surface area contributed by atoms with E-state index in [1.807, 2.05) is 60.7 Å². The van der Waals surface area contributed by atoms with Gasteiger partial charge < -0.3 is 15.4 Å². The van der Waals surface area contributed by atoms with Crippen molar-refractivity contribution in [3.05, 3.63) is 101 Å². The first-order chi connectivity index (χ1) is 14.1. The van der Waals surface area contributed by atoms with E-state index >= 15 is 0 Å². The number of hydrogen-bond acceptors (Lipinski definition) is 4. The van der Waals surface area contributed by atoms with Crippen LogP contribution in [0.2, 0.25) is 0 Å². The van der Waals surface area contributed by atoms with Gasteiger partial charge in [-0.15, -0.1) is 0 Å². The lowest BCUT2D eigenvalue weighted by Crippen LogP contribution is -2.16. The zero-order valence-corrected chi connectivity index (χ0v) is 17.0. The summed E-state index contributed by atoms with van der Waals surface area (Å²) in [6, 6.07) is 26.1. The topological polar surface area (TPSA) is 74.2 Å². The third-order valence-corrected chi connectivity index (χ3v) is 4.39. The Bertz CT molecular complexity index is 1040. The summed E-state index contributed by atoms with van der Waals surface area (Å²) in [7, 11) is 0. The van der Waals surface area contributed by atoms with Gasteiger partial charge in [-0.1, -0.05) is 46.3 Å². The van der Waals surface area contributed by atoms with Gasteiger partial charge in [0.1, 0.15) is 23.1 Å². The molecule has 0 saturated carbocycles. The number of nitrogens with one attached hydrogen (secondary N) is 2. The molecule has 144 valence electrons. The maximum absolute atomic E-state index is 12.3. The Morgan fingerprint density at radius 3 is 2.41 bits per heavy atom. The second kappa shape index (κ2) is 10.1. The van der Waals surface area contributed by atoms with Gasteiger partial charge in [-0.05, 0) is 54.1 Å². The summed E-state index contributed by atoms with van der Waals surface area (Å²) >= 11 is 3.41. The summed E-state index contributed by atoms with van der Waals surface area (Å²) in [5.41, 5.74) is 1.59. The van der Waals surface area contributed by atoms with Gasteiger partial charge in [-0.3, -0.25) is 4.79 Å². The van der Waals surface area contributed by atoms with E-state index in [4.69, 9.17) is 4.74 Å². The fourth-order valence-electron chi connectivity index (χ4n) is 2.50. The van der Waals surface area contributed by atoms with Crippen molar-refractivity contribution in [3.8, 4) is 17.6 Å². The molecule has 0 fully saturated rings. The lowest BCUT2D eigenvalue weighted by molar-refractivity contribution is -0.112.